The molecule has 2 fully saturated rings. The van der Waals surface area contributed by atoms with E-state index >= 15 is 0 Å². The number of ether oxygens (including phenoxy) is 1. The van der Waals surface area contributed by atoms with Crippen molar-refractivity contribution < 1.29 is 19.1 Å². The van der Waals surface area contributed by atoms with Crippen molar-refractivity contribution in [2.24, 2.45) is 0 Å². The second-order valence-electron chi connectivity index (χ2n) is 22.1. The van der Waals surface area contributed by atoms with E-state index in [0.29, 0.717) is 43.4 Å². The minimum atomic E-state index is -0.671. The third-order valence-corrected chi connectivity index (χ3v) is 15.8. The van der Waals surface area contributed by atoms with Crippen LogP contribution in [0.1, 0.15) is 88.8 Å². The molecule has 416 valence electrons. The van der Waals surface area contributed by atoms with E-state index in [9.17, 15) is 14.4 Å². The van der Waals surface area contributed by atoms with E-state index in [-0.39, 0.29) is 36.5 Å². The Morgan fingerprint density at radius 3 is 1.64 bits per heavy atom. The van der Waals surface area contributed by atoms with Crippen LogP contribution in [0.2, 0.25) is 10.0 Å². The first-order valence-electron chi connectivity index (χ1n) is 27.7. The van der Waals surface area contributed by atoms with E-state index in [1.165, 1.54) is 16.7 Å². The third-order valence-electron chi connectivity index (χ3n) is 15.4. The van der Waals surface area contributed by atoms with Gasteiger partial charge in [-0.2, -0.15) is 0 Å². The topological polar surface area (TPSA) is 168 Å². The van der Waals surface area contributed by atoms with Crippen LogP contribution in [0.5, 0.6) is 0 Å². The Balaban J connectivity index is 0.000000173. The van der Waals surface area contributed by atoms with Crippen LogP contribution in [0.4, 0.5) is 16.2 Å². The monoisotopic (exact) mass is 1120 g/mol. The average molecular weight is 1130 g/mol. The first kappa shape index (κ1) is 55.2. The molecule has 0 saturated carbocycles. The minimum absolute atomic E-state index is 0.0239. The molecule has 0 spiro atoms. The van der Waals surface area contributed by atoms with E-state index in [0.717, 1.165) is 88.7 Å². The standard InChI is InChI=1S/C34H37ClN6O3.C29H29ClN6O/c1-34(2,3)44-33(43)40-16-17-41(31-28-12-11-26(35)19-25(28)10-9-24-7-5-13-37-30(24)31)29(21-40)32(42)38-27-8-4-6-23(18-27)20-39-15-14-36-22-39;30-23-8-9-25-22(16-23)7-6-21-4-2-10-33-27(21)28(25)36-14-12-31-17-26(36)29(37)34-24-5-1-3-20(15-24)18-35-13-11-32-19-35/h4-8,11-15,18-19,22,29,31H,9-10,16-17,20-21H2,1-3H3,(H,38,42);1-5,8-11,13,15-16,19,26,28,31H,6-7,12,14,17-18H2,(H,34,37)/t29-,31?;26-,28?/m11/s1. The number of nitrogens with one attached hydrogen (secondary N) is 3. The van der Waals surface area contributed by atoms with Crippen LogP contribution in [-0.4, -0.2) is 119 Å². The van der Waals surface area contributed by atoms with E-state index < -0.39 is 17.7 Å². The molecule has 4 aromatic carbocycles. The number of benzene rings is 4. The van der Waals surface area contributed by atoms with Crippen molar-refractivity contribution in [1.82, 2.24) is 49.1 Å². The molecule has 16 nitrogen and oxygen atoms in total. The summed E-state index contributed by atoms with van der Waals surface area (Å²) >= 11 is 12.8. The summed E-state index contributed by atoms with van der Waals surface area (Å²) in [4.78, 5) is 65.4. The van der Waals surface area contributed by atoms with Gasteiger partial charge in [-0.05, 0) is 152 Å². The molecule has 4 atom stereocenters. The Morgan fingerprint density at radius 2 is 1.12 bits per heavy atom. The summed E-state index contributed by atoms with van der Waals surface area (Å²) in [5.74, 6) is -0.223. The van der Waals surface area contributed by atoms with Gasteiger partial charge in [0.25, 0.3) is 0 Å². The lowest BCUT2D eigenvalue weighted by atomic mass is 9.94. The number of carbonyl (C=O) groups is 3. The van der Waals surface area contributed by atoms with Crippen molar-refractivity contribution in [3.8, 4) is 0 Å². The lowest BCUT2D eigenvalue weighted by Crippen LogP contribution is -2.60. The zero-order valence-corrected chi connectivity index (χ0v) is 47.2. The molecule has 0 radical (unpaired) electrons. The van der Waals surface area contributed by atoms with Gasteiger partial charge in [0.2, 0.25) is 11.8 Å². The number of rotatable bonds is 10. The number of amides is 3. The highest BCUT2D eigenvalue weighted by Gasteiger charge is 2.43. The molecule has 0 bridgehead atoms. The molecule has 6 heterocycles. The van der Waals surface area contributed by atoms with Crippen molar-refractivity contribution in [3.05, 3.63) is 225 Å². The van der Waals surface area contributed by atoms with Gasteiger partial charge in [0, 0.05) is 111 Å². The predicted octanol–water partition coefficient (Wildman–Crippen LogP) is 9.81. The largest absolute Gasteiger partial charge is 0.444 e. The molecule has 2 aliphatic heterocycles. The van der Waals surface area contributed by atoms with Crippen molar-refractivity contribution in [1.29, 1.82) is 0 Å². The number of halogens is 2. The van der Waals surface area contributed by atoms with Gasteiger partial charge in [-0.1, -0.05) is 71.7 Å². The highest BCUT2D eigenvalue weighted by Crippen LogP contribution is 2.41. The molecule has 2 aliphatic carbocycles. The quantitative estimate of drug-likeness (QED) is 0.119. The average Bonchev–Trinajstić information content (AvgIpc) is 4.13. The van der Waals surface area contributed by atoms with E-state index in [2.05, 4.69) is 72.1 Å². The molecule has 81 heavy (non-hydrogen) atoms. The van der Waals surface area contributed by atoms with Crippen LogP contribution >= 0.6 is 23.2 Å². The summed E-state index contributed by atoms with van der Waals surface area (Å²) < 4.78 is 9.70. The number of nitrogens with zero attached hydrogens (tertiary/aromatic N) is 9. The Bertz CT molecular complexity index is 3510. The number of piperazine rings is 2. The number of imidazole rings is 2. The molecular weight excluding hydrogens is 1060 g/mol. The summed E-state index contributed by atoms with van der Waals surface area (Å²) in [5, 5.41) is 11.2. The number of fused-ring (bicyclic) bond motifs is 4. The predicted molar refractivity (Wildman–Crippen MR) is 314 cm³/mol. The first-order valence-corrected chi connectivity index (χ1v) is 28.4. The van der Waals surface area contributed by atoms with Crippen LogP contribution < -0.4 is 16.0 Å². The van der Waals surface area contributed by atoms with Crippen molar-refractivity contribution in [2.75, 3.05) is 49.9 Å². The number of hydrogen-bond donors (Lipinski definition) is 3. The highest BCUT2D eigenvalue weighted by atomic mass is 35.5. The van der Waals surface area contributed by atoms with E-state index in [4.69, 9.17) is 37.9 Å². The molecule has 8 aromatic rings. The number of aromatic nitrogens is 6. The molecule has 18 heteroatoms. The molecule has 2 saturated heterocycles. The SMILES string of the molecule is CC(C)(C)OC(=O)N1CCN(C2c3ccc(Cl)cc3CCc3cccnc32)[C@@H](C(=O)Nc2cccc(Cn3ccnc3)c2)C1.O=C(Nc1cccc(Cn2ccnc2)c1)[C@H]1CNCCN1C1c2ccc(Cl)cc2CCc2cccnc21. The second kappa shape index (κ2) is 24.6. The normalized spacial score (nSPS) is 19.0. The maximum atomic E-state index is 14.3. The summed E-state index contributed by atoms with van der Waals surface area (Å²) in [6.07, 6.45) is 17.6. The maximum absolute atomic E-state index is 14.3. The number of anilines is 2. The van der Waals surface area contributed by atoms with Crippen molar-refractivity contribution in [3.63, 3.8) is 0 Å². The summed E-state index contributed by atoms with van der Waals surface area (Å²) in [6.45, 7) is 10.0. The zero-order valence-electron chi connectivity index (χ0n) is 45.7. The van der Waals surface area contributed by atoms with Gasteiger partial charge in [0.1, 0.15) is 17.7 Å². The Hall–Kier alpha value is -7.73. The Morgan fingerprint density at radius 1 is 0.605 bits per heavy atom. The van der Waals surface area contributed by atoms with E-state index in [1.807, 2.05) is 127 Å². The summed E-state index contributed by atoms with van der Waals surface area (Å²) in [6, 6.07) is 34.7. The lowest BCUT2D eigenvalue weighted by molar-refractivity contribution is -0.124. The molecule has 3 amide bonds. The summed E-state index contributed by atoms with van der Waals surface area (Å²) in [5.41, 5.74) is 11.9. The first-order chi connectivity index (χ1) is 39.3. The molecule has 4 aliphatic rings. The van der Waals surface area contributed by atoms with Gasteiger partial charge in [-0.3, -0.25) is 29.4 Å². The van der Waals surface area contributed by atoms with Crippen LogP contribution in [0.15, 0.2) is 159 Å². The van der Waals surface area contributed by atoms with Crippen LogP contribution in [0, 0.1) is 0 Å². The zero-order chi connectivity index (χ0) is 56.0. The number of carbonyl (C=O) groups excluding carboxylic acids is 3. The van der Waals surface area contributed by atoms with Gasteiger partial charge in [0.15, 0.2) is 0 Å². The van der Waals surface area contributed by atoms with Crippen LogP contribution in [0.25, 0.3) is 0 Å². The summed E-state index contributed by atoms with van der Waals surface area (Å²) in [7, 11) is 0. The Kier molecular flexibility index (Phi) is 16.7. The minimum Gasteiger partial charge on any atom is -0.444 e. The number of hydrogen-bond acceptors (Lipinski definition) is 11. The molecule has 3 N–H and O–H groups in total. The van der Waals surface area contributed by atoms with Gasteiger partial charge < -0.3 is 34.7 Å². The fraction of sp³-hybridized carbons (Fsp3) is 0.317. The van der Waals surface area contributed by atoms with Gasteiger partial charge in [-0.15, -0.1) is 0 Å². The van der Waals surface area contributed by atoms with Crippen LogP contribution in [0.3, 0.4) is 0 Å². The smallest absolute Gasteiger partial charge is 0.410 e. The van der Waals surface area contributed by atoms with Gasteiger partial charge in [0.05, 0.1) is 36.1 Å². The van der Waals surface area contributed by atoms with Crippen molar-refractivity contribution >= 4 is 52.5 Å². The molecule has 12 rings (SSSR count). The van der Waals surface area contributed by atoms with E-state index in [1.54, 1.807) is 29.9 Å². The third kappa shape index (κ3) is 13.1. The number of aryl methyl sites for hydroxylation is 4. The molecule has 2 unspecified atom stereocenters. The van der Waals surface area contributed by atoms with Gasteiger partial charge >= 0.3 is 6.09 Å². The lowest BCUT2D eigenvalue weighted by Gasteiger charge is -2.44. The molecule has 4 aromatic heterocycles. The maximum Gasteiger partial charge on any atom is 0.410 e. The van der Waals surface area contributed by atoms with Gasteiger partial charge in [-0.25, -0.2) is 14.8 Å². The second-order valence-corrected chi connectivity index (χ2v) is 22.9. The van der Waals surface area contributed by atoms with Crippen molar-refractivity contribution in [2.45, 2.75) is 89.3 Å². The fourth-order valence-corrected chi connectivity index (χ4v) is 12.1. The molecular formula is C63H66Cl2N12O4. The Labute approximate surface area is 482 Å². The van der Waals surface area contributed by atoms with Crippen LogP contribution in [-0.2, 0) is 53.1 Å². The number of pyridine rings is 2. The highest BCUT2D eigenvalue weighted by molar-refractivity contribution is 6.31. The fourth-order valence-electron chi connectivity index (χ4n) is 11.7.